The van der Waals surface area contributed by atoms with E-state index >= 15 is 0 Å². The van der Waals surface area contributed by atoms with E-state index in [4.69, 9.17) is 14.2 Å². The van der Waals surface area contributed by atoms with Gasteiger partial charge in [0.15, 0.2) is 11.5 Å². The zero-order chi connectivity index (χ0) is 19.5. The van der Waals surface area contributed by atoms with Crippen LogP contribution in [0.1, 0.15) is 24.0 Å². The van der Waals surface area contributed by atoms with Crippen molar-refractivity contribution in [3.05, 3.63) is 46.7 Å². The number of rotatable bonds is 3. The SMILES string of the molecule is COc1ccc2c3c(c4cc(OC)c(OC)cc4c2c1)C[C@H]1CCC[N+]1([O-])C3. The van der Waals surface area contributed by atoms with Gasteiger partial charge in [0.05, 0.1) is 33.9 Å². The third-order valence-corrected chi connectivity index (χ3v) is 6.66. The normalized spacial score (nSPS) is 23.5. The monoisotopic (exact) mass is 379 g/mol. The second kappa shape index (κ2) is 6.26. The Bertz CT molecular complexity index is 1090. The Balaban J connectivity index is 1.89. The van der Waals surface area contributed by atoms with Crippen LogP contribution in [0.25, 0.3) is 21.5 Å². The molecule has 0 spiro atoms. The average molecular weight is 379 g/mol. The van der Waals surface area contributed by atoms with Crippen LogP contribution >= 0.6 is 0 Å². The largest absolute Gasteiger partial charge is 0.632 e. The molecule has 3 aromatic rings. The van der Waals surface area contributed by atoms with E-state index in [2.05, 4.69) is 24.3 Å². The lowest BCUT2D eigenvalue weighted by atomic mass is 9.85. The predicted octanol–water partition coefficient (Wildman–Crippen LogP) is 4.55. The first-order chi connectivity index (χ1) is 13.6. The van der Waals surface area contributed by atoms with Crippen molar-refractivity contribution in [3.8, 4) is 17.2 Å². The zero-order valence-electron chi connectivity index (χ0n) is 16.6. The number of methoxy groups -OCH3 is 3. The van der Waals surface area contributed by atoms with Crippen LogP contribution in [0.5, 0.6) is 17.2 Å². The molecule has 5 heteroatoms. The smallest absolute Gasteiger partial charge is 0.161 e. The second-order valence-corrected chi connectivity index (χ2v) is 7.96. The molecule has 0 N–H and O–H groups in total. The molecule has 0 bridgehead atoms. The minimum absolute atomic E-state index is 0.0765. The van der Waals surface area contributed by atoms with Crippen molar-refractivity contribution < 1.29 is 18.9 Å². The summed E-state index contributed by atoms with van der Waals surface area (Å²) in [5.74, 6) is 2.24. The fourth-order valence-electron chi connectivity index (χ4n) is 5.22. The maximum Gasteiger partial charge on any atom is 0.161 e. The number of ether oxygens (including phenoxy) is 3. The minimum atomic E-state index is -0.0765. The molecule has 0 aliphatic carbocycles. The van der Waals surface area contributed by atoms with E-state index in [-0.39, 0.29) is 10.7 Å². The molecule has 0 saturated carbocycles. The summed E-state index contributed by atoms with van der Waals surface area (Å²) < 4.78 is 16.6. The summed E-state index contributed by atoms with van der Waals surface area (Å²) in [6.45, 7) is 1.28. The number of benzene rings is 3. The Labute approximate surface area is 164 Å². The van der Waals surface area contributed by atoms with Crippen molar-refractivity contribution in [2.24, 2.45) is 0 Å². The Morgan fingerprint density at radius 1 is 0.857 bits per heavy atom. The van der Waals surface area contributed by atoms with Gasteiger partial charge in [-0.15, -0.1) is 0 Å². The fraction of sp³-hybridized carbons (Fsp3) is 0.391. The topological polar surface area (TPSA) is 50.8 Å². The first-order valence-electron chi connectivity index (χ1n) is 9.83. The summed E-state index contributed by atoms with van der Waals surface area (Å²) in [6, 6.07) is 10.4. The van der Waals surface area contributed by atoms with Gasteiger partial charge in [-0.25, -0.2) is 0 Å². The zero-order valence-corrected chi connectivity index (χ0v) is 16.6. The molecule has 1 fully saturated rings. The van der Waals surface area contributed by atoms with E-state index < -0.39 is 0 Å². The molecule has 28 heavy (non-hydrogen) atoms. The van der Waals surface area contributed by atoms with Gasteiger partial charge in [-0.2, -0.15) is 0 Å². The molecule has 2 aliphatic heterocycles. The highest BCUT2D eigenvalue weighted by atomic mass is 16.5. The van der Waals surface area contributed by atoms with Gasteiger partial charge in [0.2, 0.25) is 0 Å². The van der Waals surface area contributed by atoms with Crippen LogP contribution in [-0.2, 0) is 13.0 Å². The van der Waals surface area contributed by atoms with Gasteiger partial charge in [0.25, 0.3) is 0 Å². The van der Waals surface area contributed by atoms with E-state index in [0.29, 0.717) is 12.3 Å². The molecule has 5 rings (SSSR count). The molecule has 2 heterocycles. The fourth-order valence-corrected chi connectivity index (χ4v) is 5.22. The first kappa shape index (κ1) is 17.6. The van der Waals surface area contributed by atoms with Crippen molar-refractivity contribution in [1.82, 2.24) is 0 Å². The number of hydroxylamine groups is 3. The summed E-state index contributed by atoms with van der Waals surface area (Å²) in [7, 11) is 5.00. The summed E-state index contributed by atoms with van der Waals surface area (Å²) in [6.07, 6.45) is 2.86. The Morgan fingerprint density at radius 3 is 2.29 bits per heavy atom. The predicted molar refractivity (Wildman–Crippen MR) is 110 cm³/mol. The van der Waals surface area contributed by atoms with Gasteiger partial charge in [0, 0.05) is 24.8 Å². The van der Waals surface area contributed by atoms with Gasteiger partial charge >= 0.3 is 0 Å². The molecule has 1 unspecified atom stereocenters. The number of hydrogen-bond donors (Lipinski definition) is 0. The molecule has 1 saturated heterocycles. The van der Waals surface area contributed by atoms with Crippen LogP contribution in [0, 0.1) is 5.21 Å². The van der Waals surface area contributed by atoms with Gasteiger partial charge in [-0.3, -0.25) is 0 Å². The molecule has 0 radical (unpaired) electrons. The highest BCUT2D eigenvalue weighted by Gasteiger charge is 2.40. The third-order valence-electron chi connectivity index (χ3n) is 6.66. The van der Waals surface area contributed by atoms with Crippen molar-refractivity contribution in [1.29, 1.82) is 0 Å². The molecule has 2 atom stereocenters. The number of fused-ring (bicyclic) bond motifs is 7. The van der Waals surface area contributed by atoms with E-state index in [1.807, 2.05) is 6.07 Å². The quantitative estimate of drug-likeness (QED) is 0.380. The Hall–Kier alpha value is -2.50. The summed E-state index contributed by atoms with van der Waals surface area (Å²) in [5.41, 5.74) is 2.48. The van der Waals surface area contributed by atoms with E-state index in [1.165, 1.54) is 11.1 Å². The summed E-state index contributed by atoms with van der Waals surface area (Å²) >= 11 is 0. The standard InChI is InChI=1S/C23H25NO4/c1-26-15-6-7-16-18(10-15)20-12-23(28-3)22(27-2)11-19(20)17-9-14-5-4-8-24(14,25)13-21(16)17/h6-7,10-12,14H,4-5,8-9,13H2,1-3H3/t14-,24?/m1/s1. The van der Waals surface area contributed by atoms with Crippen molar-refractivity contribution >= 4 is 21.5 Å². The Morgan fingerprint density at radius 2 is 1.57 bits per heavy atom. The molecule has 0 amide bonds. The molecule has 2 aliphatic rings. The van der Waals surface area contributed by atoms with E-state index in [0.717, 1.165) is 58.9 Å². The lowest BCUT2D eigenvalue weighted by Gasteiger charge is -2.48. The van der Waals surface area contributed by atoms with Crippen LogP contribution in [0.4, 0.5) is 0 Å². The molecule has 3 aromatic carbocycles. The molecular formula is C23H25NO4. The molecule has 0 aromatic heterocycles. The van der Waals surface area contributed by atoms with Gasteiger partial charge < -0.3 is 24.1 Å². The average Bonchev–Trinajstić information content (AvgIpc) is 3.11. The van der Waals surface area contributed by atoms with Crippen molar-refractivity contribution in [2.45, 2.75) is 31.8 Å². The molecule has 146 valence electrons. The van der Waals surface area contributed by atoms with Crippen LogP contribution in [0.15, 0.2) is 30.3 Å². The van der Waals surface area contributed by atoms with Crippen molar-refractivity contribution in [3.63, 3.8) is 0 Å². The van der Waals surface area contributed by atoms with Crippen LogP contribution < -0.4 is 14.2 Å². The maximum absolute atomic E-state index is 13.4. The number of quaternary nitrogens is 1. The van der Waals surface area contributed by atoms with Gasteiger partial charge in [0.1, 0.15) is 12.3 Å². The number of hydrogen-bond acceptors (Lipinski definition) is 4. The molecule has 5 nitrogen and oxygen atoms in total. The first-order valence-corrected chi connectivity index (χ1v) is 9.83. The van der Waals surface area contributed by atoms with Gasteiger partial charge in [-0.1, -0.05) is 6.07 Å². The third kappa shape index (κ3) is 2.39. The minimum Gasteiger partial charge on any atom is -0.632 e. The van der Waals surface area contributed by atoms with Crippen LogP contribution in [-0.4, -0.2) is 38.6 Å². The van der Waals surface area contributed by atoms with Crippen LogP contribution in [0.2, 0.25) is 0 Å². The molecular weight excluding hydrogens is 354 g/mol. The van der Waals surface area contributed by atoms with E-state index in [1.54, 1.807) is 21.3 Å². The summed E-state index contributed by atoms with van der Waals surface area (Å²) in [4.78, 5) is 0. The second-order valence-electron chi connectivity index (χ2n) is 7.96. The lowest BCUT2D eigenvalue weighted by Crippen LogP contribution is -2.49. The maximum atomic E-state index is 13.4. The van der Waals surface area contributed by atoms with Gasteiger partial charge in [-0.05, 0) is 51.4 Å². The Kier molecular flexibility index (Phi) is 3.93. The lowest BCUT2D eigenvalue weighted by molar-refractivity contribution is -0.907. The number of nitrogens with zero attached hydrogens (tertiary/aromatic N) is 1. The van der Waals surface area contributed by atoms with E-state index in [9.17, 15) is 5.21 Å². The highest BCUT2D eigenvalue weighted by Crippen LogP contribution is 2.46. The summed E-state index contributed by atoms with van der Waals surface area (Å²) in [5, 5.41) is 18.0. The van der Waals surface area contributed by atoms with Crippen LogP contribution in [0.3, 0.4) is 0 Å². The van der Waals surface area contributed by atoms with Crippen molar-refractivity contribution in [2.75, 3.05) is 27.9 Å². The highest BCUT2D eigenvalue weighted by molar-refractivity contribution is 6.12.